The molecule has 9 nitrogen and oxygen atoms in total. The minimum atomic E-state index is -5.08. The van der Waals surface area contributed by atoms with Gasteiger partial charge in [0.1, 0.15) is 0 Å². The van der Waals surface area contributed by atoms with Crippen LogP contribution in [0.25, 0.3) is 10.8 Å². The maximum absolute atomic E-state index is 13.3. The first kappa shape index (κ1) is 21.2. The quantitative estimate of drug-likeness (QED) is 0.429. The molecule has 2 N–H and O–H groups in total. The number of benzene rings is 3. The van der Waals surface area contributed by atoms with Crippen LogP contribution in [0.3, 0.4) is 0 Å². The van der Waals surface area contributed by atoms with E-state index in [1.54, 1.807) is 30.3 Å². The summed E-state index contributed by atoms with van der Waals surface area (Å²) in [5.74, 6) is 0. The summed E-state index contributed by atoms with van der Waals surface area (Å²) in [6, 6.07) is 14.1. The molecule has 0 aliphatic rings. The van der Waals surface area contributed by atoms with Crippen LogP contribution in [-0.4, -0.2) is 29.7 Å². The van der Waals surface area contributed by atoms with Gasteiger partial charge in [0.15, 0.2) is 7.60 Å². The van der Waals surface area contributed by atoms with Crippen molar-refractivity contribution in [1.29, 1.82) is 0 Å². The zero-order valence-electron chi connectivity index (χ0n) is 14.5. The van der Waals surface area contributed by atoms with Crippen LogP contribution in [0.2, 0.25) is 5.02 Å². The van der Waals surface area contributed by atoms with Gasteiger partial charge in [-0.1, -0.05) is 48.0 Å². The fourth-order valence-electron chi connectivity index (χ4n) is 2.80. The Kier molecular flexibility index (Phi) is 5.66. The third-order valence-electron chi connectivity index (χ3n) is 4.01. The Balaban J connectivity index is 2.27. The van der Waals surface area contributed by atoms with E-state index < -0.39 is 39.4 Å². The summed E-state index contributed by atoms with van der Waals surface area (Å²) in [7, 11) is -9.70. The zero-order chi connectivity index (χ0) is 21.4. The van der Waals surface area contributed by atoms with E-state index in [-0.39, 0.29) is 10.7 Å². The number of hydrogen-bond acceptors (Lipinski definition) is 5. The number of fused-ring (bicyclic) bond motifs is 1. The second-order valence-corrected chi connectivity index (χ2v) is 9.91. The molecule has 0 saturated carbocycles. The molecule has 0 amide bonds. The molecule has 0 radical (unpaired) electrons. The highest BCUT2D eigenvalue weighted by molar-refractivity contribution is 7.93. The van der Waals surface area contributed by atoms with Crippen molar-refractivity contribution in [2.24, 2.45) is 0 Å². The van der Waals surface area contributed by atoms with Gasteiger partial charge in [-0.3, -0.25) is 4.31 Å². The lowest BCUT2D eigenvalue weighted by atomic mass is 10.1. The maximum atomic E-state index is 13.3. The van der Waals surface area contributed by atoms with Gasteiger partial charge in [-0.2, -0.15) is 0 Å². The molecule has 0 saturated heterocycles. The molecule has 12 heteroatoms. The van der Waals surface area contributed by atoms with Crippen LogP contribution in [0.4, 0.5) is 11.4 Å². The zero-order valence-corrected chi connectivity index (χ0v) is 17.0. The minimum absolute atomic E-state index is 0.00210. The first-order valence-electron chi connectivity index (χ1n) is 7.99. The average Bonchev–Trinajstić information content (AvgIpc) is 2.64. The van der Waals surface area contributed by atoms with Gasteiger partial charge in [0, 0.05) is 22.5 Å². The topological polar surface area (TPSA) is 138 Å². The van der Waals surface area contributed by atoms with Crippen molar-refractivity contribution in [3.05, 3.63) is 70.6 Å². The molecular weight excluding hydrogens is 443 g/mol. The monoisotopic (exact) mass is 456 g/mol. The molecule has 1 unspecified atom stereocenters. The second kappa shape index (κ2) is 7.74. The summed E-state index contributed by atoms with van der Waals surface area (Å²) >= 11 is 5.85. The Morgan fingerprint density at radius 2 is 1.76 bits per heavy atom. The van der Waals surface area contributed by atoms with Crippen molar-refractivity contribution in [1.82, 2.24) is 0 Å². The van der Waals surface area contributed by atoms with Crippen LogP contribution in [0, 0.1) is 4.91 Å². The molecule has 152 valence electrons. The fourth-order valence-corrected chi connectivity index (χ4v) is 5.84. The van der Waals surface area contributed by atoms with Crippen LogP contribution >= 0.6 is 19.2 Å². The Morgan fingerprint density at radius 1 is 1.10 bits per heavy atom. The van der Waals surface area contributed by atoms with E-state index in [4.69, 9.17) is 16.8 Å². The summed E-state index contributed by atoms with van der Waals surface area (Å²) in [6.07, 6.45) is -1.24. The highest BCUT2D eigenvalue weighted by Gasteiger charge is 2.31. The molecular formula is C17H14ClN2O7PS. The average molecular weight is 457 g/mol. The molecule has 0 aliphatic heterocycles. The van der Waals surface area contributed by atoms with Crippen molar-refractivity contribution in [3.8, 4) is 0 Å². The number of halogens is 1. The van der Waals surface area contributed by atoms with Crippen LogP contribution in [0.5, 0.6) is 0 Å². The summed E-state index contributed by atoms with van der Waals surface area (Å²) in [6.45, 7) is 0. The number of nitrogens with zero attached hydrogens (tertiary/aromatic N) is 2. The molecule has 0 bridgehead atoms. The van der Waals surface area contributed by atoms with Crippen molar-refractivity contribution in [3.63, 3.8) is 0 Å². The van der Waals surface area contributed by atoms with Gasteiger partial charge < -0.3 is 14.4 Å². The van der Waals surface area contributed by atoms with E-state index in [0.717, 1.165) is 18.2 Å². The Bertz CT molecular complexity index is 1250. The Labute approximate surface area is 170 Å². The smallest absolute Gasteiger partial charge is 0.319 e. The van der Waals surface area contributed by atoms with Crippen LogP contribution in [0.15, 0.2) is 65.6 Å². The van der Waals surface area contributed by atoms with Gasteiger partial charge in [-0.15, -0.1) is 0 Å². The normalized spacial score (nSPS) is 13.8. The van der Waals surface area contributed by atoms with Gasteiger partial charge in [-0.05, 0) is 17.5 Å². The number of anilines is 1. The van der Waals surface area contributed by atoms with E-state index in [0.29, 0.717) is 15.1 Å². The number of hydrogen-bond donors (Lipinski definition) is 2. The Hall–Kier alpha value is -2.49. The molecule has 1 atom stereocenters. The van der Waals surface area contributed by atoms with Crippen LogP contribution < -0.4 is 9.20 Å². The number of rotatable bonds is 6. The van der Waals surface area contributed by atoms with Crippen LogP contribution in [-0.2, 0) is 14.6 Å². The first-order chi connectivity index (χ1) is 13.5. The predicted molar refractivity (Wildman–Crippen MR) is 105 cm³/mol. The predicted octanol–water partition coefficient (Wildman–Crippen LogP) is 2.99. The van der Waals surface area contributed by atoms with E-state index in [1.807, 2.05) is 0 Å². The SMILES string of the molecule is O=[N+](O)c1cc(Cl)cc(S(=O)(=O)N(CP(=O)([O-])O)c2cccc3ccccc23)c1. The summed E-state index contributed by atoms with van der Waals surface area (Å²) in [5.41, 5.74) is -0.471. The van der Waals surface area contributed by atoms with Gasteiger partial charge in [0.05, 0.1) is 21.8 Å². The summed E-state index contributed by atoms with van der Waals surface area (Å²) in [4.78, 5) is 31.1. The summed E-state index contributed by atoms with van der Waals surface area (Å²) < 4.78 is 38.7. The molecule has 3 rings (SSSR count). The fraction of sp³-hybridized carbons (Fsp3) is 0.0588. The largest absolute Gasteiger partial charge is 0.777 e. The lowest BCUT2D eigenvalue weighted by Crippen LogP contribution is -2.34. The lowest BCUT2D eigenvalue weighted by Gasteiger charge is -2.29. The van der Waals surface area contributed by atoms with Crippen molar-refractivity contribution < 1.29 is 32.9 Å². The molecule has 3 aromatic carbocycles. The Morgan fingerprint density at radius 3 is 2.41 bits per heavy atom. The third kappa shape index (κ3) is 4.58. The van der Waals surface area contributed by atoms with Crippen LogP contribution in [0.1, 0.15) is 0 Å². The summed E-state index contributed by atoms with van der Waals surface area (Å²) in [5, 5.41) is 9.97. The molecule has 29 heavy (non-hydrogen) atoms. The van der Waals surface area contributed by atoms with Gasteiger partial charge in [-0.25, -0.2) is 13.6 Å². The van der Waals surface area contributed by atoms with Gasteiger partial charge >= 0.3 is 5.69 Å². The second-order valence-electron chi connectivity index (χ2n) is 6.05. The maximum Gasteiger partial charge on any atom is 0.319 e. The van der Waals surface area contributed by atoms with E-state index in [9.17, 15) is 27.7 Å². The molecule has 0 aliphatic carbocycles. The molecule has 0 heterocycles. The molecule has 0 aromatic heterocycles. The van der Waals surface area contributed by atoms with Gasteiger partial charge in [0.2, 0.25) is 0 Å². The molecule has 3 aromatic rings. The third-order valence-corrected chi connectivity index (χ3v) is 6.79. The van der Waals surface area contributed by atoms with Gasteiger partial charge in [0.25, 0.3) is 14.9 Å². The highest BCUT2D eigenvalue weighted by Crippen LogP contribution is 2.39. The van der Waals surface area contributed by atoms with E-state index in [2.05, 4.69) is 0 Å². The standard InChI is InChI=1S/C17H14ClN2O7PS/c18-13-8-14(20(21)22)10-15(9-13)29(26,27)19(11-28(23,24)25)17-7-3-5-12-4-1-2-6-16(12)17/h1-10H,11H2,(H2-,21,22,23,24,25). The van der Waals surface area contributed by atoms with Crippen molar-refractivity contribution in [2.75, 3.05) is 10.6 Å². The van der Waals surface area contributed by atoms with E-state index >= 15 is 0 Å². The minimum Gasteiger partial charge on any atom is -0.777 e. The molecule has 0 fully saturated rings. The first-order valence-corrected chi connectivity index (χ1v) is 11.6. The lowest BCUT2D eigenvalue weighted by molar-refractivity contribution is -0.729. The van der Waals surface area contributed by atoms with E-state index in [1.165, 1.54) is 12.1 Å². The number of sulfonamides is 1. The highest BCUT2D eigenvalue weighted by atomic mass is 35.5. The molecule has 0 spiro atoms. The van der Waals surface area contributed by atoms with Crippen molar-refractivity contribution in [2.45, 2.75) is 4.90 Å². The van der Waals surface area contributed by atoms with Crippen molar-refractivity contribution >= 4 is 51.4 Å².